The van der Waals surface area contributed by atoms with E-state index in [0.29, 0.717) is 0 Å². The first-order chi connectivity index (χ1) is 8.82. The van der Waals surface area contributed by atoms with Gasteiger partial charge in [0.15, 0.2) is 12.0 Å². The Balaban J connectivity index is 2.77. The molecular weight excluding hydrogens is 303 g/mol. The molecule has 0 bridgehead atoms. The van der Waals surface area contributed by atoms with Crippen LogP contribution in [-0.4, -0.2) is 36.4 Å². The van der Waals surface area contributed by atoms with Gasteiger partial charge in [-0.15, -0.1) is 0 Å². The number of carbonyl (C=O) groups is 1. The number of hydrogen-bond donors (Lipinski definition) is 0. The van der Waals surface area contributed by atoms with E-state index in [0.717, 1.165) is 17.0 Å². The fourth-order valence-corrected chi connectivity index (χ4v) is 1.62. The van der Waals surface area contributed by atoms with Crippen molar-refractivity contribution >= 4 is 22.4 Å². The zero-order chi connectivity index (χ0) is 15.8. The van der Waals surface area contributed by atoms with Crippen LogP contribution in [0.5, 0.6) is 0 Å². The molecule has 0 spiro atoms. The molecule has 0 saturated heterocycles. The van der Waals surface area contributed by atoms with Crippen molar-refractivity contribution < 1.29 is 39.9 Å². The second-order valence-electron chi connectivity index (χ2n) is 4.85. The third kappa shape index (κ3) is 4.22. The molecule has 6 nitrogen and oxygen atoms in total. The summed E-state index contributed by atoms with van der Waals surface area (Å²) in [5.41, 5.74) is -6.31. The minimum absolute atomic E-state index is 0.269. The Labute approximate surface area is 113 Å². The average molecular weight is 316 g/mol. The lowest BCUT2D eigenvalue weighted by Gasteiger charge is -2.15. The van der Waals surface area contributed by atoms with E-state index in [1.54, 1.807) is 20.8 Å². The molecule has 0 aliphatic carbocycles. The topological polar surface area (TPSA) is 72.7 Å². The number of carbonyl (C=O) groups excluding carboxylic acids is 1. The molecule has 0 radical (unpaired) electrons. The van der Waals surface area contributed by atoms with E-state index in [2.05, 4.69) is 4.18 Å². The van der Waals surface area contributed by atoms with Gasteiger partial charge in [0.1, 0.15) is 5.60 Å². The SMILES string of the molecule is CC(C)(C)OC(=O)[N+]1=CCC(OS(=O)(=O)C(F)(F)F)=C1. The summed E-state index contributed by atoms with van der Waals surface area (Å²) in [5, 5.41) is 0. The largest absolute Gasteiger partial charge is 0.602 e. The summed E-state index contributed by atoms with van der Waals surface area (Å²) in [5.74, 6) is -0.520. The lowest BCUT2D eigenvalue weighted by atomic mass is 10.2. The fraction of sp³-hybridized carbons (Fsp3) is 0.600. The van der Waals surface area contributed by atoms with E-state index in [9.17, 15) is 26.4 Å². The van der Waals surface area contributed by atoms with Gasteiger partial charge in [0.05, 0.1) is 6.42 Å². The summed E-state index contributed by atoms with van der Waals surface area (Å²) in [6.45, 7) is 4.82. The van der Waals surface area contributed by atoms with Crippen molar-refractivity contribution in [3.05, 3.63) is 12.0 Å². The van der Waals surface area contributed by atoms with E-state index in [1.165, 1.54) is 0 Å². The van der Waals surface area contributed by atoms with Gasteiger partial charge in [-0.05, 0) is 20.8 Å². The molecule has 0 aromatic carbocycles. The van der Waals surface area contributed by atoms with Gasteiger partial charge >= 0.3 is 21.7 Å². The number of ether oxygens (including phenoxy) is 1. The maximum Gasteiger partial charge on any atom is 0.602 e. The van der Waals surface area contributed by atoms with Crippen molar-refractivity contribution in [2.75, 3.05) is 0 Å². The van der Waals surface area contributed by atoms with Crippen LogP contribution in [0.3, 0.4) is 0 Å². The lowest BCUT2D eigenvalue weighted by molar-refractivity contribution is -0.373. The summed E-state index contributed by atoms with van der Waals surface area (Å²) in [6, 6.07) is 0. The minimum Gasteiger partial charge on any atom is -0.406 e. The number of allylic oxidation sites excluding steroid dienone is 1. The van der Waals surface area contributed by atoms with Gasteiger partial charge in [0.2, 0.25) is 6.20 Å². The Morgan fingerprint density at radius 1 is 1.30 bits per heavy atom. The van der Waals surface area contributed by atoms with Crippen LogP contribution in [0.2, 0.25) is 0 Å². The quantitative estimate of drug-likeness (QED) is 0.443. The van der Waals surface area contributed by atoms with Gasteiger partial charge < -0.3 is 8.92 Å². The Hall–Kier alpha value is -1.58. The summed E-state index contributed by atoms with van der Waals surface area (Å²) >= 11 is 0. The number of amides is 1. The zero-order valence-corrected chi connectivity index (χ0v) is 11.7. The Morgan fingerprint density at radius 2 is 1.85 bits per heavy atom. The highest BCUT2D eigenvalue weighted by molar-refractivity contribution is 7.87. The maximum absolute atomic E-state index is 12.1. The predicted molar refractivity (Wildman–Crippen MR) is 61.3 cm³/mol. The molecule has 0 saturated carbocycles. The predicted octanol–water partition coefficient (Wildman–Crippen LogP) is 2.12. The van der Waals surface area contributed by atoms with E-state index < -0.39 is 33.1 Å². The molecule has 114 valence electrons. The number of alkyl halides is 3. The Bertz CT molecular complexity index is 569. The molecule has 1 aliphatic heterocycles. The van der Waals surface area contributed by atoms with Gasteiger partial charge in [-0.3, -0.25) is 0 Å². The van der Waals surface area contributed by atoms with Crippen molar-refractivity contribution in [2.24, 2.45) is 0 Å². The van der Waals surface area contributed by atoms with Gasteiger partial charge in [0, 0.05) is 0 Å². The van der Waals surface area contributed by atoms with Gasteiger partial charge in [-0.1, -0.05) is 4.58 Å². The number of nitrogens with zero attached hydrogens (tertiary/aromatic N) is 1. The van der Waals surface area contributed by atoms with Crippen LogP contribution < -0.4 is 0 Å². The van der Waals surface area contributed by atoms with E-state index in [1.807, 2.05) is 0 Å². The molecule has 1 amide bonds. The Morgan fingerprint density at radius 3 is 2.30 bits per heavy atom. The summed E-state index contributed by atoms with van der Waals surface area (Å²) < 4.78 is 67.6. The van der Waals surface area contributed by atoms with E-state index in [4.69, 9.17) is 4.74 Å². The van der Waals surface area contributed by atoms with Gasteiger partial charge in [-0.25, -0.2) is 0 Å². The summed E-state index contributed by atoms with van der Waals surface area (Å²) in [4.78, 5) is 11.6. The number of halogens is 3. The fourth-order valence-electron chi connectivity index (χ4n) is 1.13. The first-order valence-electron chi connectivity index (χ1n) is 5.38. The molecule has 1 aliphatic rings. The smallest absolute Gasteiger partial charge is 0.406 e. The molecule has 0 unspecified atom stereocenters. The Kier molecular flexibility index (Phi) is 4.18. The lowest BCUT2D eigenvalue weighted by Crippen LogP contribution is -2.28. The third-order valence-electron chi connectivity index (χ3n) is 1.88. The molecule has 0 aromatic rings. The molecule has 10 heteroatoms. The molecule has 0 atom stereocenters. The molecule has 0 N–H and O–H groups in total. The van der Waals surface area contributed by atoms with Crippen LogP contribution in [0.1, 0.15) is 27.2 Å². The second kappa shape index (κ2) is 5.08. The first kappa shape index (κ1) is 16.5. The summed E-state index contributed by atoms with van der Waals surface area (Å²) in [6.07, 6.45) is 0.863. The second-order valence-corrected chi connectivity index (χ2v) is 6.39. The van der Waals surface area contributed by atoms with Crippen LogP contribution in [-0.2, 0) is 19.0 Å². The van der Waals surface area contributed by atoms with Crippen molar-refractivity contribution in [2.45, 2.75) is 38.3 Å². The molecule has 1 heterocycles. The zero-order valence-electron chi connectivity index (χ0n) is 10.9. The highest BCUT2D eigenvalue weighted by Crippen LogP contribution is 2.28. The van der Waals surface area contributed by atoms with E-state index >= 15 is 0 Å². The summed E-state index contributed by atoms with van der Waals surface area (Å²) in [7, 11) is -5.73. The average Bonchev–Trinajstić information content (AvgIpc) is 2.60. The molecule has 0 aromatic heterocycles. The molecule has 0 fully saturated rings. The highest BCUT2D eigenvalue weighted by Gasteiger charge is 2.49. The van der Waals surface area contributed by atoms with Crippen LogP contribution in [0.25, 0.3) is 0 Å². The van der Waals surface area contributed by atoms with Crippen LogP contribution in [0, 0.1) is 0 Å². The van der Waals surface area contributed by atoms with Crippen molar-refractivity contribution in [3.63, 3.8) is 0 Å². The third-order valence-corrected chi connectivity index (χ3v) is 2.88. The van der Waals surface area contributed by atoms with Crippen LogP contribution >= 0.6 is 0 Å². The molecule has 20 heavy (non-hydrogen) atoms. The first-order valence-corrected chi connectivity index (χ1v) is 6.79. The van der Waals surface area contributed by atoms with Crippen molar-refractivity contribution in [3.8, 4) is 0 Å². The molecule has 1 rings (SSSR count). The van der Waals surface area contributed by atoms with Gasteiger partial charge in [0.25, 0.3) is 0 Å². The minimum atomic E-state index is -5.73. The highest BCUT2D eigenvalue weighted by atomic mass is 32.2. The monoisotopic (exact) mass is 316 g/mol. The van der Waals surface area contributed by atoms with Gasteiger partial charge in [-0.2, -0.15) is 26.4 Å². The number of hydrogen-bond acceptors (Lipinski definition) is 5. The number of rotatable bonds is 2. The van der Waals surface area contributed by atoms with Crippen molar-refractivity contribution in [1.29, 1.82) is 0 Å². The van der Waals surface area contributed by atoms with Crippen molar-refractivity contribution in [1.82, 2.24) is 0 Å². The molecular formula is C10H13F3NO5S+. The van der Waals surface area contributed by atoms with E-state index in [-0.39, 0.29) is 6.42 Å². The van der Waals surface area contributed by atoms with Crippen LogP contribution in [0.15, 0.2) is 12.0 Å². The van der Waals surface area contributed by atoms with Crippen LogP contribution in [0.4, 0.5) is 18.0 Å². The maximum atomic E-state index is 12.1. The standard InChI is InChI=1S/C10H13F3NO5S/c1-9(2,3)18-8(15)14-5-4-7(6-14)19-20(16,17)10(11,12)13/h5-6H,4H2,1-3H3/q+1. The normalized spacial score (nSPS) is 16.5.